The highest BCUT2D eigenvalue weighted by molar-refractivity contribution is 7.93. The van der Waals surface area contributed by atoms with E-state index >= 15 is 0 Å². The van der Waals surface area contributed by atoms with E-state index in [4.69, 9.17) is 5.11 Å². The van der Waals surface area contributed by atoms with E-state index in [1.807, 2.05) is 30.3 Å². The summed E-state index contributed by atoms with van der Waals surface area (Å²) in [7, 11) is -3.24. The quantitative estimate of drug-likeness (QED) is 0.405. The number of nitrogens with one attached hydrogen (secondary N) is 1. The summed E-state index contributed by atoms with van der Waals surface area (Å²) in [6, 6.07) is 15.4. The smallest absolute Gasteiger partial charge is 0.439 e. The molecule has 200 valence electrons. The van der Waals surface area contributed by atoms with E-state index in [0.717, 1.165) is 11.1 Å². The maximum absolute atomic E-state index is 14.1. The maximum atomic E-state index is 14.1. The molecule has 2 N–H and O–H groups in total. The Bertz CT molecular complexity index is 1490. The van der Waals surface area contributed by atoms with Gasteiger partial charge in [0.1, 0.15) is 5.82 Å². The van der Waals surface area contributed by atoms with E-state index < -0.39 is 27.7 Å². The van der Waals surface area contributed by atoms with Crippen LogP contribution in [-0.4, -0.2) is 51.6 Å². The Morgan fingerprint density at radius 1 is 1.11 bits per heavy atom. The molecular formula is C27H28F2N4O4S. The Kier molecular flexibility index (Phi) is 7.77. The Hall–Kier alpha value is -3.86. The molecule has 0 bridgehead atoms. The standard InChI is InChI=1S/C27H28F2N4O4S/c1-18-22(19-8-4-3-5-9-19)17-30-24(33-14-7-12-27(28,29)13-15-33)23(18)25(34)31-20-10-6-11-21(16-20)38(2,37)32-26(35)36/h3-6,8-11,16-17H,7,12-15H2,1-2H3,(H,31,34)(H,35,36). The number of carbonyl (C=O) groups excluding carboxylic acids is 1. The lowest BCUT2D eigenvalue weighted by Crippen LogP contribution is -2.30. The summed E-state index contributed by atoms with van der Waals surface area (Å²) in [5, 5.41) is 11.7. The van der Waals surface area contributed by atoms with Crippen molar-refractivity contribution in [2.75, 3.05) is 29.6 Å². The second kappa shape index (κ2) is 10.9. The predicted octanol–water partition coefficient (Wildman–Crippen LogP) is 6.07. The summed E-state index contributed by atoms with van der Waals surface area (Å²) in [6.07, 6.45) is 0.993. The molecule has 0 radical (unpaired) electrons. The SMILES string of the molecule is Cc1c(-c2ccccc2)cnc(N2CCCC(F)(F)CC2)c1C(=O)Nc1cccc(S(C)(=O)=NC(=O)O)c1. The fourth-order valence-corrected chi connectivity index (χ4v) is 5.57. The number of benzene rings is 2. The van der Waals surface area contributed by atoms with Crippen LogP contribution in [0.2, 0.25) is 0 Å². The van der Waals surface area contributed by atoms with E-state index in [9.17, 15) is 22.6 Å². The van der Waals surface area contributed by atoms with Crippen LogP contribution in [0.25, 0.3) is 11.1 Å². The van der Waals surface area contributed by atoms with Crippen LogP contribution < -0.4 is 10.2 Å². The molecule has 0 spiro atoms. The van der Waals surface area contributed by atoms with Gasteiger partial charge in [0.25, 0.3) is 5.91 Å². The largest absolute Gasteiger partial charge is 0.463 e. The van der Waals surface area contributed by atoms with E-state index in [-0.39, 0.29) is 42.0 Å². The number of alkyl halides is 2. The van der Waals surface area contributed by atoms with E-state index in [1.165, 1.54) is 24.5 Å². The summed E-state index contributed by atoms with van der Waals surface area (Å²) >= 11 is 0. The zero-order valence-electron chi connectivity index (χ0n) is 21.0. The zero-order valence-corrected chi connectivity index (χ0v) is 21.8. The van der Waals surface area contributed by atoms with Crippen molar-refractivity contribution in [3.8, 4) is 11.1 Å². The average molecular weight is 543 g/mol. The summed E-state index contributed by atoms with van der Waals surface area (Å²) in [5.41, 5.74) is 2.73. The molecule has 2 amide bonds. The number of nitrogens with zero attached hydrogens (tertiary/aromatic N) is 3. The Balaban J connectivity index is 1.76. The number of aromatic nitrogens is 1. The first-order valence-electron chi connectivity index (χ1n) is 12.0. The lowest BCUT2D eigenvalue weighted by Gasteiger charge is -2.26. The Labute approximate surface area is 219 Å². The van der Waals surface area contributed by atoms with E-state index in [0.29, 0.717) is 17.9 Å². The van der Waals surface area contributed by atoms with Crippen molar-refractivity contribution < 1.29 is 27.7 Å². The number of carboxylic acid groups (broad SMARTS) is 1. The highest BCUT2D eigenvalue weighted by atomic mass is 32.2. The van der Waals surface area contributed by atoms with Crippen molar-refractivity contribution in [3.05, 3.63) is 71.9 Å². The lowest BCUT2D eigenvalue weighted by atomic mass is 9.97. The topological polar surface area (TPSA) is 112 Å². The van der Waals surface area contributed by atoms with E-state index in [1.54, 1.807) is 24.1 Å². The molecule has 2 heterocycles. The molecule has 8 nitrogen and oxygen atoms in total. The van der Waals surface area contributed by atoms with Crippen molar-refractivity contribution >= 4 is 33.2 Å². The van der Waals surface area contributed by atoms with Crippen LogP contribution in [0.5, 0.6) is 0 Å². The van der Waals surface area contributed by atoms with Gasteiger partial charge in [0.05, 0.1) is 15.3 Å². The van der Waals surface area contributed by atoms with Crippen LogP contribution >= 0.6 is 0 Å². The van der Waals surface area contributed by atoms with Crippen molar-refractivity contribution in [2.45, 2.75) is 37.0 Å². The Morgan fingerprint density at radius 3 is 2.55 bits per heavy atom. The van der Waals surface area contributed by atoms with Gasteiger partial charge in [0.15, 0.2) is 0 Å². The number of amides is 2. The molecule has 1 unspecified atom stereocenters. The third kappa shape index (κ3) is 6.16. The third-order valence-electron chi connectivity index (χ3n) is 6.43. The first-order chi connectivity index (χ1) is 18.0. The number of rotatable bonds is 5. The van der Waals surface area contributed by atoms with Crippen molar-refractivity contribution in [3.63, 3.8) is 0 Å². The number of carbonyl (C=O) groups is 2. The van der Waals surface area contributed by atoms with Gasteiger partial charge in [0.2, 0.25) is 5.92 Å². The first kappa shape index (κ1) is 27.2. The number of anilines is 2. The summed E-state index contributed by atoms with van der Waals surface area (Å²) < 4.78 is 44.2. The third-order valence-corrected chi connectivity index (χ3v) is 8.06. The molecule has 11 heteroatoms. The van der Waals surface area contributed by atoms with Gasteiger partial charge in [-0.05, 0) is 42.7 Å². The highest BCUT2D eigenvalue weighted by Crippen LogP contribution is 2.34. The number of halogens is 2. The molecule has 1 aliphatic rings. The van der Waals surface area contributed by atoms with Gasteiger partial charge in [0, 0.05) is 54.5 Å². The first-order valence-corrected chi connectivity index (χ1v) is 13.9. The number of hydrogen-bond donors (Lipinski definition) is 2. The van der Waals surface area contributed by atoms with E-state index in [2.05, 4.69) is 14.7 Å². The minimum absolute atomic E-state index is 0.0501. The van der Waals surface area contributed by atoms with Crippen LogP contribution in [0, 0.1) is 6.92 Å². The van der Waals surface area contributed by atoms with Crippen LogP contribution in [0.4, 0.5) is 25.1 Å². The molecule has 0 saturated carbocycles. The Morgan fingerprint density at radius 2 is 1.84 bits per heavy atom. The number of hydrogen-bond acceptors (Lipinski definition) is 5. The summed E-state index contributed by atoms with van der Waals surface area (Å²) in [6.45, 7) is 2.17. The lowest BCUT2D eigenvalue weighted by molar-refractivity contribution is -0.0102. The fraction of sp³-hybridized carbons (Fsp3) is 0.296. The van der Waals surface area contributed by atoms with Gasteiger partial charge >= 0.3 is 6.09 Å². The summed E-state index contributed by atoms with van der Waals surface area (Å²) in [5.74, 6) is -2.98. The normalized spacial score (nSPS) is 16.7. The monoisotopic (exact) mass is 542 g/mol. The average Bonchev–Trinajstić information content (AvgIpc) is 3.04. The summed E-state index contributed by atoms with van der Waals surface area (Å²) in [4.78, 5) is 31.2. The molecule has 3 aromatic rings. The van der Waals surface area contributed by atoms with Crippen molar-refractivity contribution in [1.29, 1.82) is 0 Å². The molecule has 1 aliphatic heterocycles. The molecule has 1 atom stereocenters. The molecular weight excluding hydrogens is 514 g/mol. The second-order valence-corrected chi connectivity index (χ2v) is 11.5. The van der Waals surface area contributed by atoms with Crippen molar-refractivity contribution in [1.82, 2.24) is 4.98 Å². The second-order valence-electron chi connectivity index (χ2n) is 9.22. The van der Waals surface area contributed by atoms with Crippen LogP contribution in [-0.2, 0) is 9.73 Å². The minimum atomic E-state index is -3.24. The molecule has 0 aliphatic carbocycles. The molecule has 1 saturated heterocycles. The molecule has 4 rings (SSSR count). The van der Waals surface area contributed by atoms with Crippen LogP contribution in [0.15, 0.2) is 70.1 Å². The van der Waals surface area contributed by atoms with Crippen molar-refractivity contribution in [2.24, 2.45) is 4.36 Å². The van der Waals surface area contributed by atoms with Gasteiger partial charge in [-0.15, -0.1) is 4.36 Å². The van der Waals surface area contributed by atoms with Gasteiger partial charge in [-0.3, -0.25) is 4.79 Å². The van der Waals surface area contributed by atoms with Gasteiger partial charge in [-0.1, -0.05) is 36.4 Å². The fourth-order valence-electron chi connectivity index (χ4n) is 4.49. The maximum Gasteiger partial charge on any atom is 0.439 e. The minimum Gasteiger partial charge on any atom is -0.463 e. The van der Waals surface area contributed by atoms with Gasteiger partial charge in [-0.2, -0.15) is 0 Å². The predicted molar refractivity (Wildman–Crippen MR) is 143 cm³/mol. The molecule has 38 heavy (non-hydrogen) atoms. The number of pyridine rings is 1. The molecule has 1 aromatic heterocycles. The molecule has 2 aromatic carbocycles. The molecule has 1 fully saturated rings. The van der Waals surface area contributed by atoms with Gasteiger partial charge < -0.3 is 15.3 Å². The van der Waals surface area contributed by atoms with Gasteiger partial charge in [-0.25, -0.2) is 22.8 Å². The highest BCUT2D eigenvalue weighted by Gasteiger charge is 2.33. The van der Waals surface area contributed by atoms with Crippen LogP contribution in [0.3, 0.4) is 0 Å². The van der Waals surface area contributed by atoms with Crippen LogP contribution in [0.1, 0.15) is 35.2 Å². The zero-order chi connectivity index (χ0) is 27.5.